The third kappa shape index (κ3) is 10.7. The zero-order valence-corrected chi connectivity index (χ0v) is 19.5. The summed E-state index contributed by atoms with van der Waals surface area (Å²) in [6, 6.07) is -0.807. The van der Waals surface area contributed by atoms with Crippen LogP contribution in [-0.2, 0) is 47.7 Å². The number of carbonyl (C=O) groups is 6. The van der Waals surface area contributed by atoms with Crippen LogP contribution in [0.1, 0.15) is 55.4 Å². The van der Waals surface area contributed by atoms with Crippen LogP contribution >= 0.6 is 0 Å². The fraction of sp³-hybridized carbons (Fsp3) is 0.700. The molecule has 0 aromatic carbocycles. The van der Waals surface area contributed by atoms with Crippen molar-refractivity contribution in [1.82, 2.24) is 10.6 Å². The van der Waals surface area contributed by atoms with Crippen molar-refractivity contribution in [3.63, 3.8) is 0 Å². The number of amides is 2. The lowest BCUT2D eigenvalue weighted by atomic mass is 9.99. The maximum Gasteiger partial charge on any atom is 0.303 e. The van der Waals surface area contributed by atoms with E-state index in [1.807, 2.05) is 0 Å². The zero-order valence-electron chi connectivity index (χ0n) is 19.5. The van der Waals surface area contributed by atoms with Gasteiger partial charge in [0.1, 0.15) is 0 Å². The van der Waals surface area contributed by atoms with E-state index < -0.39 is 72.2 Å². The Kier molecular flexibility index (Phi) is 12.0. The Bertz CT molecular complexity index is 659. The van der Waals surface area contributed by atoms with Crippen LogP contribution in [0.4, 0.5) is 0 Å². The second-order valence-electron chi connectivity index (χ2n) is 7.53. The lowest BCUT2D eigenvalue weighted by molar-refractivity contribution is -0.200. The molecule has 12 nitrogen and oxygen atoms in total. The molecule has 4 atom stereocenters. The average molecular weight is 460 g/mol. The number of rotatable bonds is 11. The maximum atomic E-state index is 12.8. The van der Waals surface area contributed by atoms with Gasteiger partial charge in [0.25, 0.3) is 11.8 Å². The monoisotopic (exact) mass is 460 g/mol. The lowest BCUT2D eigenvalue weighted by Crippen LogP contribution is -2.60. The first-order chi connectivity index (χ1) is 14.6. The quantitative estimate of drug-likeness (QED) is 0.311. The molecule has 0 heterocycles. The smallest absolute Gasteiger partial charge is 0.303 e. The van der Waals surface area contributed by atoms with Crippen LogP contribution in [0.15, 0.2) is 0 Å². The summed E-state index contributed by atoms with van der Waals surface area (Å²) in [5.41, 5.74) is 0. The largest absolute Gasteiger partial charge is 0.454 e. The van der Waals surface area contributed by atoms with Gasteiger partial charge < -0.3 is 29.6 Å². The van der Waals surface area contributed by atoms with E-state index in [0.717, 1.165) is 27.7 Å². The molecule has 182 valence electrons. The highest BCUT2D eigenvalue weighted by molar-refractivity contribution is 5.87. The fourth-order valence-electron chi connectivity index (χ4n) is 2.62. The van der Waals surface area contributed by atoms with Gasteiger partial charge in [0.15, 0.2) is 12.2 Å². The van der Waals surface area contributed by atoms with Crippen molar-refractivity contribution in [2.24, 2.45) is 0 Å². The minimum absolute atomic E-state index is 0.404. The van der Waals surface area contributed by atoms with Gasteiger partial charge in [0, 0.05) is 39.8 Å². The highest BCUT2D eigenvalue weighted by Gasteiger charge is 2.49. The molecular weight excluding hydrogens is 428 g/mol. The van der Waals surface area contributed by atoms with Gasteiger partial charge >= 0.3 is 23.9 Å². The third-order valence-corrected chi connectivity index (χ3v) is 3.49. The molecule has 2 N–H and O–H groups in total. The van der Waals surface area contributed by atoms with Crippen molar-refractivity contribution < 1.29 is 47.7 Å². The van der Waals surface area contributed by atoms with Crippen LogP contribution in [-0.4, -0.2) is 72.2 Å². The summed E-state index contributed by atoms with van der Waals surface area (Å²) in [6.45, 7) is 10.5. The van der Waals surface area contributed by atoms with E-state index in [0.29, 0.717) is 0 Å². The van der Waals surface area contributed by atoms with Gasteiger partial charge in [-0.15, -0.1) is 0 Å². The molecule has 0 aliphatic carbocycles. The number of esters is 4. The fourth-order valence-corrected chi connectivity index (χ4v) is 2.62. The van der Waals surface area contributed by atoms with Gasteiger partial charge in [-0.05, 0) is 27.7 Å². The molecule has 32 heavy (non-hydrogen) atoms. The molecule has 0 aromatic heterocycles. The molecule has 12 heteroatoms. The molecule has 0 aromatic rings. The van der Waals surface area contributed by atoms with Crippen molar-refractivity contribution in [3.05, 3.63) is 0 Å². The van der Waals surface area contributed by atoms with Crippen LogP contribution in [0.25, 0.3) is 0 Å². The molecule has 0 spiro atoms. The van der Waals surface area contributed by atoms with Crippen molar-refractivity contribution in [2.45, 2.75) is 91.9 Å². The van der Waals surface area contributed by atoms with Crippen molar-refractivity contribution in [1.29, 1.82) is 0 Å². The second-order valence-corrected chi connectivity index (χ2v) is 7.53. The molecule has 0 saturated heterocycles. The number of hydrogen-bond donors (Lipinski definition) is 2. The molecular formula is C20H32N2O10. The number of ether oxygens (including phenoxy) is 4. The third-order valence-electron chi connectivity index (χ3n) is 3.49. The highest BCUT2D eigenvalue weighted by atomic mass is 16.6. The first-order valence-corrected chi connectivity index (χ1v) is 9.95. The first kappa shape index (κ1) is 28.8. The van der Waals surface area contributed by atoms with Crippen molar-refractivity contribution in [3.8, 4) is 0 Å². The van der Waals surface area contributed by atoms with Crippen molar-refractivity contribution >= 4 is 35.7 Å². The Hall–Kier alpha value is -3.18. The normalized spacial score (nSPS) is 14.4. The summed E-state index contributed by atoms with van der Waals surface area (Å²) in [5, 5.41) is 4.99. The second kappa shape index (κ2) is 13.3. The summed E-state index contributed by atoms with van der Waals surface area (Å²) in [5.74, 6) is -5.47. The SMILES string of the molecule is CC(=O)OC(C(=O)NC(C)C)C(OC(C)=O)C(OC(C)=O)C(OC(C)=O)C(=O)NC(C)C. The summed E-state index contributed by atoms with van der Waals surface area (Å²) in [7, 11) is 0. The van der Waals surface area contributed by atoms with Crippen LogP contribution in [0.5, 0.6) is 0 Å². The first-order valence-electron chi connectivity index (χ1n) is 9.95. The zero-order chi connectivity index (χ0) is 25.2. The Morgan fingerprint density at radius 3 is 0.938 bits per heavy atom. The highest BCUT2D eigenvalue weighted by Crippen LogP contribution is 2.20. The topological polar surface area (TPSA) is 163 Å². The van der Waals surface area contributed by atoms with E-state index in [-0.39, 0.29) is 0 Å². The molecule has 0 bridgehead atoms. The minimum Gasteiger partial charge on any atom is -0.454 e. The molecule has 0 aliphatic rings. The molecule has 0 radical (unpaired) electrons. The number of carbonyl (C=O) groups excluding carboxylic acids is 6. The molecule has 0 fully saturated rings. The van der Waals surface area contributed by atoms with Gasteiger partial charge in [0.05, 0.1) is 0 Å². The number of nitrogens with one attached hydrogen (secondary N) is 2. The molecule has 0 rings (SSSR count). The Balaban J connectivity index is 6.62. The van der Waals surface area contributed by atoms with E-state index >= 15 is 0 Å². The predicted molar refractivity (Wildman–Crippen MR) is 109 cm³/mol. The summed E-state index contributed by atoms with van der Waals surface area (Å²) in [6.07, 6.45) is -7.29. The van der Waals surface area contributed by atoms with Gasteiger partial charge in [-0.3, -0.25) is 28.8 Å². The Morgan fingerprint density at radius 2 is 0.750 bits per heavy atom. The van der Waals surface area contributed by atoms with E-state index in [1.54, 1.807) is 27.7 Å². The Labute approximate surface area is 186 Å². The molecule has 4 unspecified atom stereocenters. The van der Waals surface area contributed by atoms with Crippen molar-refractivity contribution in [2.75, 3.05) is 0 Å². The van der Waals surface area contributed by atoms with Gasteiger partial charge in [-0.2, -0.15) is 0 Å². The Morgan fingerprint density at radius 1 is 0.500 bits per heavy atom. The van der Waals surface area contributed by atoms with Crippen LogP contribution in [0, 0.1) is 0 Å². The van der Waals surface area contributed by atoms with Crippen LogP contribution in [0.3, 0.4) is 0 Å². The summed E-state index contributed by atoms with van der Waals surface area (Å²) < 4.78 is 20.5. The van der Waals surface area contributed by atoms with Gasteiger partial charge in [-0.25, -0.2) is 0 Å². The number of hydrogen-bond acceptors (Lipinski definition) is 10. The molecule has 0 aliphatic heterocycles. The van der Waals surface area contributed by atoms with Crippen LogP contribution < -0.4 is 10.6 Å². The molecule has 2 amide bonds. The van der Waals surface area contributed by atoms with Gasteiger partial charge in [0.2, 0.25) is 12.2 Å². The average Bonchev–Trinajstić information content (AvgIpc) is 2.58. The van der Waals surface area contributed by atoms with Crippen LogP contribution in [0.2, 0.25) is 0 Å². The van der Waals surface area contributed by atoms with E-state index in [2.05, 4.69) is 10.6 Å². The molecule has 0 saturated carbocycles. The van der Waals surface area contributed by atoms with Gasteiger partial charge in [-0.1, -0.05) is 0 Å². The van der Waals surface area contributed by atoms with E-state index in [1.165, 1.54) is 0 Å². The maximum absolute atomic E-state index is 12.8. The standard InChI is InChI=1S/C20H32N2O10/c1-9(2)21-19(27)17(31-13(7)25)15(29-11(5)23)16(30-12(6)24)18(32-14(8)26)20(28)22-10(3)4/h9-10,15-18H,1-8H3,(H,21,27)(H,22,28). The predicted octanol–water partition coefficient (Wildman–Crippen LogP) is -0.238. The van der Waals surface area contributed by atoms with E-state index in [4.69, 9.17) is 18.9 Å². The van der Waals surface area contributed by atoms with E-state index in [9.17, 15) is 28.8 Å². The lowest BCUT2D eigenvalue weighted by Gasteiger charge is -2.34. The minimum atomic E-state index is -1.83. The summed E-state index contributed by atoms with van der Waals surface area (Å²) >= 11 is 0. The summed E-state index contributed by atoms with van der Waals surface area (Å²) in [4.78, 5) is 72.6.